The van der Waals surface area contributed by atoms with Crippen molar-refractivity contribution in [2.75, 3.05) is 13.7 Å². The second-order valence-corrected chi connectivity index (χ2v) is 3.24. The summed E-state index contributed by atoms with van der Waals surface area (Å²) in [4.78, 5) is 1.22. The van der Waals surface area contributed by atoms with Crippen molar-refractivity contribution in [3.63, 3.8) is 0 Å². The van der Waals surface area contributed by atoms with E-state index in [4.69, 9.17) is 9.84 Å². The number of hydrogen-bond donors (Lipinski definition) is 1. The Morgan fingerprint density at radius 1 is 1.64 bits per heavy atom. The minimum atomic E-state index is 0.251. The standard InChI is InChI=1S/C8H12O2S/c1-10-7-4-6-11-8(7)3-2-5-9/h4,6,9H,2-3,5H2,1H3. The predicted octanol–water partition coefficient (Wildman–Crippen LogP) is 1.68. The first-order valence-corrected chi connectivity index (χ1v) is 4.47. The SMILES string of the molecule is COc1ccsc1CCCO. The van der Waals surface area contributed by atoms with Crippen LogP contribution in [0.4, 0.5) is 0 Å². The smallest absolute Gasteiger partial charge is 0.132 e. The number of aliphatic hydroxyl groups excluding tert-OH is 1. The molecule has 1 heterocycles. The molecule has 1 rings (SSSR count). The maximum absolute atomic E-state index is 8.59. The molecule has 0 spiro atoms. The van der Waals surface area contributed by atoms with Gasteiger partial charge in [0, 0.05) is 11.5 Å². The number of aliphatic hydroxyl groups is 1. The molecule has 1 N–H and O–H groups in total. The molecule has 0 aliphatic rings. The zero-order valence-corrected chi connectivity index (χ0v) is 7.36. The highest BCUT2D eigenvalue weighted by molar-refractivity contribution is 7.10. The van der Waals surface area contributed by atoms with E-state index in [1.54, 1.807) is 18.4 Å². The Labute approximate surface area is 70.4 Å². The fraction of sp³-hybridized carbons (Fsp3) is 0.500. The summed E-state index contributed by atoms with van der Waals surface area (Å²) in [7, 11) is 1.67. The van der Waals surface area contributed by atoms with E-state index in [0.29, 0.717) is 0 Å². The number of ether oxygens (including phenoxy) is 1. The lowest BCUT2D eigenvalue weighted by Gasteiger charge is -1.99. The van der Waals surface area contributed by atoms with Crippen molar-refractivity contribution in [3.05, 3.63) is 16.3 Å². The maximum atomic E-state index is 8.59. The van der Waals surface area contributed by atoms with Crippen molar-refractivity contribution in [1.82, 2.24) is 0 Å². The largest absolute Gasteiger partial charge is 0.496 e. The minimum absolute atomic E-state index is 0.251. The van der Waals surface area contributed by atoms with Crippen LogP contribution >= 0.6 is 11.3 Å². The van der Waals surface area contributed by atoms with Gasteiger partial charge in [0.25, 0.3) is 0 Å². The van der Waals surface area contributed by atoms with E-state index >= 15 is 0 Å². The molecule has 11 heavy (non-hydrogen) atoms. The third kappa shape index (κ3) is 2.20. The van der Waals surface area contributed by atoms with Crippen molar-refractivity contribution >= 4 is 11.3 Å². The molecule has 0 saturated heterocycles. The average molecular weight is 172 g/mol. The highest BCUT2D eigenvalue weighted by Crippen LogP contribution is 2.25. The van der Waals surface area contributed by atoms with Gasteiger partial charge < -0.3 is 9.84 Å². The molecule has 3 heteroatoms. The molecule has 0 saturated carbocycles. The second-order valence-electron chi connectivity index (χ2n) is 2.24. The number of hydrogen-bond acceptors (Lipinski definition) is 3. The van der Waals surface area contributed by atoms with E-state index in [-0.39, 0.29) is 6.61 Å². The Morgan fingerprint density at radius 3 is 3.09 bits per heavy atom. The quantitative estimate of drug-likeness (QED) is 0.748. The van der Waals surface area contributed by atoms with E-state index in [0.717, 1.165) is 18.6 Å². The lowest BCUT2D eigenvalue weighted by molar-refractivity contribution is 0.288. The van der Waals surface area contributed by atoms with Crippen LogP contribution in [0.2, 0.25) is 0 Å². The van der Waals surface area contributed by atoms with E-state index in [1.807, 2.05) is 11.4 Å². The minimum Gasteiger partial charge on any atom is -0.496 e. The first-order chi connectivity index (χ1) is 5.38. The van der Waals surface area contributed by atoms with Crippen molar-refractivity contribution in [1.29, 1.82) is 0 Å². The normalized spacial score (nSPS) is 10.0. The fourth-order valence-electron chi connectivity index (χ4n) is 0.933. The van der Waals surface area contributed by atoms with Crippen LogP contribution in [0, 0.1) is 0 Å². The second kappa shape index (κ2) is 4.36. The molecule has 0 radical (unpaired) electrons. The van der Waals surface area contributed by atoms with Gasteiger partial charge in [-0.2, -0.15) is 0 Å². The number of thiophene rings is 1. The van der Waals surface area contributed by atoms with Gasteiger partial charge in [-0.15, -0.1) is 11.3 Å². The van der Waals surface area contributed by atoms with Crippen LogP contribution in [0.1, 0.15) is 11.3 Å². The van der Waals surface area contributed by atoms with E-state index in [2.05, 4.69) is 0 Å². The highest BCUT2D eigenvalue weighted by atomic mass is 32.1. The van der Waals surface area contributed by atoms with Crippen LogP contribution in [0.15, 0.2) is 11.4 Å². The van der Waals surface area contributed by atoms with Gasteiger partial charge in [0.1, 0.15) is 5.75 Å². The summed E-state index contributed by atoms with van der Waals surface area (Å²) in [5.41, 5.74) is 0. The third-order valence-corrected chi connectivity index (χ3v) is 2.45. The van der Waals surface area contributed by atoms with E-state index in [1.165, 1.54) is 4.88 Å². The molecule has 0 bridgehead atoms. The van der Waals surface area contributed by atoms with Crippen LogP contribution < -0.4 is 4.74 Å². The monoisotopic (exact) mass is 172 g/mol. The van der Waals surface area contributed by atoms with Crippen molar-refractivity contribution < 1.29 is 9.84 Å². The molecule has 0 aromatic carbocycles. The van der Waals surface area contributed by atoms with Gasteiger partial charge >= 0.3 is 0 Å². The summed E-state index contributed by atoms with van der Waals surface area (Å²) < 4.78 is 5.11. The number of rotatable bonds is 4. The average Bonchev–Trinajstić information content (AvgIpc) is 2.47. The van der Waals surface area contributed by atoms with Crippen LogP contribution in [0.3, 0.4) is 0 Å². The first kappa shape index (κ1) is 8.56. The summed E-state index contributed by atoms with van der Waals surface area (Å²) >= 11 is 1.68. The summed E-state index contributed by atoms with van der Waals surface area (Å²) in [5.74, 6) is 0.948. The Hall–Kier alpha value is -0.540. The van der Waals surface area contributed by atoms with Crippen LogP contribution in [-0.4, -0.2) is 18.8 Å². The topological polar surface area (TPSA) is 29.5 Å². The van der Waals surface area contributed by atoms with Gasteiger partial charge in [0.2, 0.25) is 0 Å². The summed E-state index contributed by atoms with van der Waals surface area (Å²) in [6, 6.07) is 1.96. The van der Waals surface area contributed by atoms with Crippen molar-refractivity contribution in [2.24, 2.45) is 0 Å². The lowest BCUT2D eigenvalue weighted by Crippen LogP contribution is -1.89. The first-order valence-electron chi connectivity index (χ1n) is 3.59. The summed E-state index contributed by atoms with van der Waals surface area (Å²) in [5, 5.41) is 10.6. The number of aryl methyl sites for hydroxylation is 1. The van der Waals surface area contributed by atoms with Crippen molar-refractivity contribution in [2.45, 2.75) is 12.8 Å². The molecular formula is C8H12O2S. The molecule has 0 amide bonds. The molecule has 0 aliphatic heterocycles. The molecule has 1 aromatic rings. The fourth-order valence-corrected chi connectivity index (χ4v) is 1.82. The Morgan fingerprint density at radius 2 is 2.45 bits per heavy atom. The predicted molar refractivity (Wildman–Crippen MR) is 46.3 cm³/mol. The summed E-state index contributed by atoms with van der Waals surface area (Å²) in [6.45, 7) is 0.251. The lowest BCUT2D eigenvalue weighted by atomic mass is 10.2. The molecule has 0 fully saturated rings. The van der Waals surface area contributed by atoms with Crippen LogP contribution in [0.25, 0.3) is 0 Å². The molecule has 0 aliphatic carbocycles. The van der Waals surface area contributed by atoms with Gasteiger partial charge in [-0.1, -0.05) is 0 Å². The molecule has 62 valence electrons. The zero-order chi connectivity index (χ0) is 8.10. The zero-order valence-electron chi connectivity index (χ0n) is 6.54. The molecule has 0 atom stereocenters. The van der Waals surface area contributed by atoms with Gasteiger partial charge in [0.05, 0.1) is 7.11 Å². The van der Waals surface area contributed by atoms with E-state index in [9.17, 15) is 0 Å². The molecule has 1 aromatic heterocycles. The summed E-state index contributed by atoms with van der Waals surface area (Å²) in [6.07, 6.45) is 1.73. The molecule has 0 unspecified atom stereocenters. The Balaban J connectivity index is 2.54. The van der Waals surface area contributed by atoms with Gasteiger partial charge in [0.15, 0.2) is 0 Å². The van der Waals surface area contributed by atoms with Crippen LogP contribution in [0.5, 0.6) is 5.75 Å². The Bertz CT molecular complexity index is 208. The molecular weight excluding hydrogens is 160 g/mol. The van der Waals surface area contributed by atoms with Gasteiger partial charge in [-0.25, -0.2) is 0 Å². The van der Waals surface area contributed by atoms with Crippen molar-refractivity contribution in [3.8, 4) is 5.75 Å². The van der Waals surface area contributed by atoms with Gasteiger partial charge in [-0.05, 0) is 24.3 Å². The van der Waals surface area contributed by atoms with Gasteiger partial charge in [-0.3, -0.25) is 0 Å². The molecule has 2 nitrogen and oxygen atoms in total. The Kier molecular flexibility index (Phi) is 3.39. The van der Waals surface area contributed by atoms with Crippen LogP contribution in [-0.2, 0) is 6.42 Å². The van der Waals surface area contributed by atoms with E-state index < -0.39 is 0 Å². The number of methoxy groups -OCH3 is 1. The maximum Gasteiger partial charge on any atom is 0.132 e. The third-order valence-electron chi connectivity index (χ3n) is 1.49. The highest BCUT2D eigenvalue weighted by Gasteiger charge is 2.02.